The van der Waals surface area contributed by atoms with Gasteiger partial charge in [0.15, 0.2) is 0 Å². The monoisotopic (exact) mass is 581 g/mol. The molecule has 6 fully saturated rings. The second-order valence-electron chi connectivity index (χ2n) is 15.3. The van der Waals surface area contributed by atoms with Crippen LogP contribution in [0.3, 0.4) is 0 Å². The molecule has 0 radical (unpaired) electrons. The minimum Gasteiger partial charge on any atom is -0.388 e. The van der Waals surface area contributed by atoms with E-state index in [-0.39, 0.29) is 23.7 Å². The standard InChI is InChI=1S/C30H51NO3.C2H6.3C2H2/c1-16-12-13-30-17(2)29(30)15-14-28(7)19-8-10-20(25(32)27(5,6)33)34-24(19)23(31)22(28)18(29)9-11-21(30)26(16,3)4;4*1-2/h16-25,32-33H,8-15,31H2,1-7H3;1-2H3;3*1-2H/t16-,17-,18-,19?,20+,21?,22?,23?,24?,25-,28+,29-,30?;;;;/m0..../s1. The predicted molar refractivity (Wildman–Crippen MR) is 176 cm³/mol. The van der Waals surface area contributed by atoms with Crippen molar-refractivity contribution >= 4 is 0 Å². The van der Waals surface area contributed by atoms with Gasteiger partial charge in [0.2, 0.25) is 0 Å². The van der Waals surface area contributed by atoms with Crippen molar-refractivity contribution in [3.63, 3.8) is 0 Å². The summed E-state index contributed by atoms with van der Waals surface area (Å²) in [5.74, 6) is 4.25. The van der Waals surface area contributed by atoms with Crippen LogP contribution in [0.5, 0.6) is 0 Å². The van der Waals surface area contributed by atoms with Gasteiger partial charge in [-0.1, -0.05) is 48.5 Å². The van der Waals surface area contributed by atoms with Gasteiger partial charge in [-0.3, -0.25) is 0 Å². The number of terminal acetylenes is 3. The van der Waals surface area contributed by atoms with E-state index in [0.717, 1.165) is 36.5 Å². The molecule has 4 heteroatoms. The Morgan fingerprint density at radius 1 is 0.810 bits per heavy atom. The number of hydrogen-bond donors (Lipinski definition) is 3. The van der Waals surface area contributed by atoms with Gasteiger partial charge in [0.25, 0.3) is 0 Å². The first-order chi connectivity index (χ1) is 19.7. The van der Waals surface area contributed by atoms with Crippen LogP contribution in [0.15, 0.2) is 0 Å². The molecule has 6 aliphatic rings. The molecule has 0 aromatic carbocycles. The Morgan fingerprint density at radius 3 is 1.90 bits per heavy atom. The van der Waals surface area contributed by atoms with Crippen LogP contribution in [0.25, 0.3) is 0 Å². The Morgan fingerprint density at radius 2 is 1.36 bits per heavy atom. The van der Waals surface area contributed by atoms with E-state index in [4.69, 9.17) is 10.5 Å². The molecule has 13 atom stereocenters. The number of hydrogen-bond acceptors (Lipinski definition) is 4. The van der Waals surface area contributed by atoms with Crippen LogP contribution in [0.2, 0.25) is 0 Å². The van der Waals surface area contributed by atoms with Crippen molar-refractivity contribution in [1.29, 1.82) is 0 Å². The van der Waals surface area contributed by atoms with E-state index in [1.54, 1.807) is 13.8 Å². The lowest BCUT2D eigenvalue weighted by atomic mass is 9.45. The maximum absolute atomic E-state index is 10.8. The summed E-state index contributed by atoms with van der Waals surface area (Å²) in [6.07, 6.45) is 33.0. The van der Waals surface area contributed by atoms with Gasteiger partial charge in [-0.25, -0.2) is 0 Å². The van der Waals surface area contributed by atoms with E-state index >= 15 is 0 Å². The zero-order chi connectivity index (χ0) is 32.6. The second-order valence-corrected chi connectivity index (χ2v) is 15.3. The van der Waals surface area contributed by atoms with Crippen LogP contribution in [0.1, 0.15) is 114 Å². The maximum Gasteiger partial charge on any atom is 0.108 e. The van der Waals surface area contributed by atoms with Crippen LogP contribution >= 0.6 is 0 Å². The summed E-state index contributed by atoms with van der Waals surface area (Å²) >= 11 is 0. The Kier molecular flexibility index (Phi) is 11.2. The van der Waals surface area contributed by atoms with Gasteiger partial charge in [0.1, 0.15) is 6.10 Å². The fourth-order valence-electron chi connectivity index (χ4n) is 12.1. The molecule has 4 N–H and O–H groups in total. The molecule has 0 aromatic heterocycles. The highest BCUT2D eigenvalue weighted by atomic mass is 16.5. The Hall–Kier alpha value is -1.48. The predicted octanol–water partition coefficient (Wildman–Crippen LogP) is 6.92. The minimum absolute atomic E-state index is 0.0199. The van der Waals surface area contributed by atoms with Crippen LogP contribution in [0.4, 0.5) is 0 Å². The first-order valence-electron chi connectivity index (χ1n) is 16.6. The third-order valence-corrected chi connectivity index (χ3v) is 14.0. The molecule has 5 aliphatic carbocycles. The fraction of sp³-hybridized carbons (Fsp3) is 0.842. The van der Waals surface area contributed by atoms with E-state index in [1.807, 2.05) is 13.8 Å². The Balaban J connectivity index is 0.000000713. The number of nitrogens with two attached hydrogens (primary N) is 1. The summed E-state index contributed by atoms with van der Waals surface area (Å²) in [6.45, 7) is 20.2. The molecule has 0 bridgehead atoms. The molecule has 42 heavy (non-hydrogen) atoms. The quantitative estimate of drug-likeness (QED) is 0.310. The summed E-state index contributed by atoms with van der Waals surface area (Å²) < 4.78 is 6.64. The molecular formula is C38H63NO3. The molecule has 5 saturated carbocycles. The van der Waals surface area contributed by atoms with Crippen molar-refractivity contribution in [2.75, 3.05) is 0 Å². The maximum atomic E-state index is 10.8. The molecule has 6 unspecified atom stereocenters. The van der Waals surface area contributed by atoms with Crippen molar-refractivity contribution in [3.05, 3.63) is 0 Å². The average Bonchev–Trinajstić information content (AvgIpc) is 3.44. The van der Waals surface area contributed by atoms with Gasteiger partial charge in [-0.2, -0.15) is 0 Å². The van der Waals surface area contributed by atoms with E-state index in [0.29, 0.717) is 28.1 Å². The number of rotatable bonds is 2. The van der Waals surface area contributed by atoms with Gasteiger partial charge in [0.05, 0.1) is 17.8 Å². The highest BCUT2D eigenvalue weighted by Crippen LogP contribution is 2.89. The van der Waals surface area contributed by atoms with Crippen molar-refractivity contribution in [3.8, 4) is 38.5 Å². The van der Waals surface area contributed by atoms with Gasteiger partial charge in [-0.05, 0) is 122 Å². The third-order valence-electron chi connectivity index (χ3n) is 14.0. The number of aliphatic hydroxyl groups excluding tert-OH is 1. The fourth-order valence-corrected chi connectivity index (χ4v) is 12.1. The topological polar surface area (TPSA) is 75.7 Å². The summed E-state index contributed by atoms with van der Waals surface area (Å²) in [5, 5.41) is 21.2. The zero-order valence-corrected chi connectivity index (χ0v) is 28.3. The molecule has 0 amide bonds. The lowest BCUT2D eigenvalue weighted by Gasteiger charge is -2.60. The van der Waals surface area contributed by atoms with Gasteiger partial charge in [0, 0.05) is 6.04 Å². The molecule has 238 valence electrons. The number of fused-ring (bicyclic) bond motifs is 4. The Labute approximate surface area is 259 Å². The normalized spacial score (nSPS) is 47.7. The molecule has 6 rings (SSSR count). The highest BCUT2D eigenvalue weighted by molar-refractivity contribution is 5.33. The minimum atomic E-state index is -1.15. The molecule has 1 aliphatic heterocycles. The zero-order valence-electron chi connectivity index (χ0n) is 28.3. The summed E-state index contributed by atoms with van der Waals surface area (Å²) in [4.78, 5) is 0. The SMILES string of the molecule is C#C.C#C.C#C.CC.C[C@@H]1C23CC[C@H](C)C(C)(C)C2CC[C@H]2C4C(N)C5O[C@@H]([C@H](O)C(C)(C)O)CCC5[C@@]4(C)CC[C@]123. The van der Waals surface area contributed by atoms with Gasteiger partial charge < -0.3 is 20.7 Å². The molecule has 1 heterocycles. The Bertz CT molecular complexity index is 961. The van der Waals surface area contributed by atoms with Crippen molar-refractivity contribution in [1.82, 2.24) is 0 Å². The molecule has 0 aromatic rings. The highest BCUT2D eigenvalue weighted by Gasteiger charge is 2.85. The lowest BCUT2D eigenvalue weighted by Crippen LogP contribution is -2.55. The largest absolute Gasteiger partial charge is 0.388 e. The number of aliphatic hydroxyl groups is 2. The van der Waals surface area contributed by atoms with E-state index in [2.05, 4.69) is 73.2 Å². The summed E-state index contributed by atoms with van der Waals surface area (Å²) in [7, 11) is 0. The molecule has 2 spiro atoms. The summed E-state index contributed by atoms with van der Waals surface area (Å²) in [6, 6.07) is 0.0471. The smallest absolute Gasteiger partial charge is 0.108 e. The molecular weight excluding hydrogens is 518 g/mol. The first-order valence-corrected chi connectivity index (χ1v) is 16.6. The average molecular weight is 582 g/mol. The number of ether oxygens (including phenoxy) is 1. The van der Waals surface area contributed by atoms with Crippen LogP contribution in [-0.4, -0.2) is 40.2 Å². The van der Waals surface area contributed by atoms with E-state index < -0.39 is 11.7 Å². The van der Waals surface area contributed by atoms with Gasteiger partial charge >= 0.3 is 0 Å². The van der Waals surface area contributed by atoms with Crippen molar-refractivity contribution < 1.29 is 14.9 Å². The van der Waals surface area contributed by atoms with Crippen LogP contribution < -0.4 is 5.73 Å². The lowest BCUT2D eigenvalue weighted by molar-refractivity contribution is -0.178. The van der Waals surface area contributed by atoms with E-state index in [1.165, 1.54) is 38.5 Å². The second kappa shape index (κ2) is 12.9. The first kappa shape index (κ1) is 36.7. The molecule has 1 saturated heterocycles. The molecule has 4 nitrogen and oxygen atoms in total. The van der Waals surface area contributed by atoms with E-state index in [9.17, 15) is 10.2 Å². The third kappa shape index (κ3) is 4.78. The summed E-state index contributed by atoms with van der Waals surface area (Å²) in [5.41, 5.74) is 7.78. The van der Waals surface area contributed by atoms with Crippen LogP contribution in [-0.2, 0) is 4.74 Å². The van der Waals surface area contributed by atoms with Crippen molar-refractivity contribution in [2.24, 2.45) is 62.9 Å². The van der Waals surface area contributed by atoms with Crippen molar-refractivity contribution in [2.45, 2.75) is 144 Å². The van der Waals surface area contributed by atoms with Crippen LogP contribution in [0, 0.1) is 95.7 Å². The van der Waals surface area contributed by atoms with Gasteiger partial charge in [-0.15, -0.1) is 38.5 Å².